The molecule has 0 unspecified atom stereocenters. The van der Waals surface area contributed by atoms with Gasteiger partial charge in [0.05, 0.1) is 18.3 Å². The molecule has 1 aromatic heterocycles. The number of aromatic nitrogens is 3. The normalized spacial score (nSPS) is 15.3. The zero-order chi connectivity index (χ0) is 17.7. The number of carbonyl (C=O) groups is 2. The number of nitrogens with zero attached hydrogens (tertiary/aromatic N) is 4. The number of hydrogen-bond donors (Lipinski definition) is 2. The predicted molar refractivity (Wildman–Crippen MR) is 89.5 cm³/mol. The first-order valence-electron chi connectivity index (χ1n) is 8.07. The van der Waals surface area contributed by atoms with Crippen LogP contribution < -0.4 is 10.6 Å². The Morgan fingerprint density at radius 1 is 1.24 bits per heavy atom. The van der Waals surface area contributed by atoms with E-state index < -0.39 is 5.41 Å². The lowest BCUT2D eigenvalue weighted by Gasteiger charge is -2.18. The van der Waals surface area contributed by atoms with Gasteiger partial charge in [0.1, 0.15) is 18.1 Å². The van der Waals surface area contributed by atoms with Crippen LogP contribution in [0, 0.1) is 16.7 Å². The minimum Gasteiger partial charge on any atom is -0.346 e. The van der Waals surface area contributed by atoms with E-state index in [2.05, 4.69) is 26.8 Å². The molecule has 2 amide bonds. The molecule has 1 heterocycles. The number of anilines is 1. The highest BCUT2D eigenvalue weighted by Gasteiger charge is 2.41. The second kappa shape index (κ2) is 7.13. The van der Waals surface area contributed by atoms with Crippen LogP contribution in [-0.2, 0) is 9.59 Å². The van der Waals surface area contributed by atoms with E-state index in [1.807, 2.05) is 0 Å². The Morgan fingerprint density at radius 3 is 2.56 bits per heavy atom. The summed E-state index contributed by atoms with van der Waals surface area (Å²) in [6, 6.07) is 9.19. The fourth-order valence-corrected chi connectivity index (χ4v) is 2.94. The summed E-state index contributed by atoms with van der Waals surface area (Å²) in [6.07, 6.45) is 5.87. The van der Waals surface area contributed by atoms with Crippen LogP contribution in [0.2, 0.25) is 0 Å². The van der Waals surface area contributed by atoms with Gasteiger partial charge in [-0.25, -0.2) is 9.67 Å². The van der Waals surface area contributed by atoms with Gasteiger partial charge in [-0.05, 0) is 37.1 Å². The van der Waals surface area contributed by atoms with Crippen LogP contribution in [0.1, 0.15) is 25.7 Å². The Balaban J connectivity index is 1.53. The van der Waals surface area contributed by atoms with Gasteiger partial charge in [0.2, 0.25) is 11.8 Å². The molecular formula is C17H18N6O2. The van der Waals surface area contributed by atoms with Crippen molar-refractivity contribution in [2.45, 2.75) is 25.7 Å². The molecule has 0 aliphatic heterocycles. The highest BCUT2D eigenvalue weighted by Crippen LogP contribution is 2.37. The van der Waals surface area contributed by atoms with E-state index in [0.717, 1.165) is 18.5 Å². The largest absolute Gasteiger partial charge is 0.346 e. The zero-order valence-corrected chi connectivity index (χ0v) is 13.6. The lowest BCUT2D eigenvalue weighted by Crippen LogP contribution is -2.41. The molecule has 2 aromatic rings. The van der Waals surface area contributed by atoms with Crippen LogP contribution >= 0.6 is 0 Å². The van der Waals surface area contributed by atoms with Crippen LogP contribution in [0.3, 0.4) is 0 Å². The van der Waals surface area contributed by atoms with Crippen molar-refractivity contribution in [3.05, 3.63) is 36.9 Å². The number of hydrogen-bond acceptors (Lipinski definition) is 5. The molecule has 8 nitrogen and oxygen atoms in total. The molecule has 25 heavy (non-hydrogen) atoms. The lowest BCUT2D eigenvalue weighted by molar-refractivity contribution is -0.129. The Bertz CT molecular complexity index is 786. The van der Waals surface area contributed by atoms with Crippen molar-refractivity contribution in [3.63, 3.8) is 0 Å². The average Bonchev–Trinajstić information content (AvgIpc) is 3.32. The van der Waals surface area contributed by atoms with Gasteiger partial charge >= 0.3 is 0 Å². The molecule has 2 N–H and O–H groups in total. The van der Waals surface area contributed by atoms with E-state index in [1.54, 1.807) is 35.3 Å². The van der Waals surface area contributed by atoms with Crippen molar-refractivity contribution < 1.29 is 9.59 Å². The van der Waals surface area contributed by atoms with Crippen molar-refractivity contribution in [1.29, 1.82) is 5.26 Å². The van der Waals surface area contributed by atoms with Crippen LogP contribution in [0.15, 0.2) is 36.9 Å². The highest BCUT2D eigenvalue weighted by molar-refractivity contribution is 5.96. The second-order valence-corrected chi connectivity index (χ2v) is 6.02. The van der Waals surface area contributed by atoms with Crippen LogP contribution in [0.4, 0.5) is 5.69 Å². The third-order valence-electron chi connectivity index (χ3n) is 4.35. The summed E-state index contributed by atoms with van der Waals surface area (Å²) in [6.45, 7) is -0.160. The van der Waals surface area contributed by atoms with Crippen molar-refractivity contribution in [2.24, 2.45) is 5.41 Å². The second-order valence-electron chi connectivity index (χ2n) is 6.02. The van der Waals surface area contributed by atoms with Crippen molar-refractivity contribution >= 4 is 17.5 Å². The Morgan fingerprint density at radius 2 is 1.96 bits per heavy atom. The number of nitrogens with one attached hydrogen (secondary N) is 2. The predicted octanol–water partition coefficient (Wildman–Crippen LogP) is 1.41. The Hall–Kier alpha value is -3.21. The fourth-order valence-electron chi connectivity index (χ4n) is 2.94. The first-order chi connectivity index (χ1) is 12.1. The molecule has 1 aliphatic rings. The highest BCUT2D eigenvalue weighted by atomic mass is 16.2. The zero-order valence-electron chi connectivity index (χ0n) is 13.6. The molecule has 8 heteroatoms. The maximum absolute atomic E-state index is 12.2. The van der Waals surface area contributed by atoms with E-state index in [-0.39, 0.29) is 18.4 Å². The molecule has 0 saturated heterocycles. The van der Waals surface area contributed by atoms with Crippen molar-refractivity contribution in [1.82, 2.24) is 20.1 Å². The lowest BCUT2D eigenvalue weighted by atomic mass is 9.87. The number of benzene rings is 1. The molecule has 0 spiro atoms. The summed E-state index contributed by atoms with van der Waals surface area (Å²) >= 11 is 0. The van der Waals surface area contributed by atoms with Crippen molar-refractivity contribution in [3.8, 4) is 11.8 Å². The van der Waals surface area contributed by atoms with E-state index in [4.69, 9.17) is 0 Å². The maximum atomic E-state index is 12.2. The summed E-state index contributed by atoms with van der Waals surface area (Å²) in [5.74, 6) is -0.697. The topological polar surface area (TPSA) is 113 Å². The molecule has 0 bridgehead atoms. The monoisotopic (exact) mass is 338 g/mol. The first kappa shape index (κ1) is 16.6. The van der Waals surface area contributed by atoms with Crippen LogP contribution in [-0.4, -0.2) is 33.1 Å². The average molecular weight is 338 g/mol. The van der Waals surface area contributed by atoms with Crippen LogP contribution in [0.25, 0.3) is 5.69 Å². The molecule has 1 fully saturated rings. The minimum absolute atomic E-state index is 0.160. The van der Waals surface area contributed by atoms with E-state index in [1.165, 1.54) is 6.33 Å². The smallest absolute Gasteiger partial charge is 0.243 e. The van der Waals surface area contributed by atoms with Gasteiger partial charge in [0.25, 0.3) is 0 Å². The molecule has 0 atom stereocenters. The summed E-state index contributed by atoms with van der Waals surface area (Å²) < 4.78 is 1.61. The van der Waals surface area contributed by atoms with Gasteiger partial charge in [0.15, 0.2) is 0 Å². The maximum Gasteiger partial charge on any atom is 0.243 e. The third kappa shape index (κ3) is 3.66. The van der Waals surface area contributed by atoms with E-state index >= 15 is 0 Å². The number of carbonyl (C=O) groups excluding carboxylic acids is 2. The number of amides is 2. The standard InChI is InChI=1S/C17H18N6O2/c18-10-17(7-1-2-8-17)16(25)20-9-15(24)22-13-3-5-14(6-4-13)23-12-19-11-21-23/h3-6,11-12H,1-2,7-9H2,(H,20,25)(H,22,24). The summed E-state index contributed by atoms with van der Waals surface area (Å²) in [5, 5.41) is 18.6. The fraction of sp³-hybridized carbons (Fsp3) is 0.353. The summed E-state index contributed by atoms with van der Waals surface area (Å²) in [7, 11) is 0. The summed E-state index contributed by atoms with van der Waals surface area (Å²) in [4.78, 5) is 28.1. The molecule has 3 rings (SSSR count). The number of rotatable bonds is 5. The Kier molecular flexibility index (Phi) is 4.75. The van der Waals surface area contributed by atoms with Crippen LogP contribution in [0.5, 0.6) is 0 Å². The molecule has 1 aliphatic carbocycles. The molecule has 1 aromatic carbocycles. The quantitative estimate of drug-likeness (QED) is 0.856. The van der Waals surface area contributed by atoms with Gasteiger partial charge in [0, 0.05) is 5.69 Å². The molecular weight excluding hydrogens is 320 g/mol. The van der Waals surface area contributed by atoms with Crippen molar-refractivity contribution in [2.75, 3.05) is 11.9 Å². The SMILES string of the molecule is N#CC1(C(=O)NCC(=O)Nc2ccc(-n3cncn3)cc2)CCCC1. The minimum atomic E-state index is -0.972. The van der Waals surface area contributed by atoms with Gasteiger partial charge in [-0.3, -0.25) is 9.59 Å². The first-order valence-corrected chi connectivity index (χ1v) is 8.07. The molecule has 128 valence electrons. The molecule has 1 saturated carbocycles. The van der Waals surface area contributed by atoms with Gasteiger partial charge in [-0.1, -0.05) is 12.8 Å². The van der Waals surface area contributed by atoms with E-state index in [9.17, 15) is 14.9 Å². The Labute approximate surface area is 144 Å². The van der Waals surface area contributed by atoms with Gasteiger partial charge in [-0.15, -0.1) is 0 Å². The number of nitriles is 1. The van der Waals surface area contributed by atoms with Gasteiger partial charge < -0.3 is 10.6 Å². The van der Waals surface area contributed by atoms with E-state index in [0.29, 0.717) is 18.5 Å². The molecule has 0 radical (unpaired) electrons. The van der Waals surface area contributed by atoms with Gasteiger partial charge in [-0.2, -0.15) is 10.4 Å². The summed E-state index contributed by atoms with van der Waals surface area (Å²) in [5.41, 5.74) is 0.458. The third-order valence-corrected chi connectivity index (χ3v) is 4.35.